The number of aryl methyl sites for hydroxylation is 1. The molecule has 5 amide bonds. The van der Waals surface area contributed by atoms with Gasteiger partial charge in [-0.2, -0.15) is 0 Å². The molecule has 0 radical (unpaired) electrons. The molecule has 1 rings (SSSR count). The summed E-state index contributed by atoms with van der Waals surface area (Å²) in [5, 5.41) is 7.46. The Balaban J connectivity index is 2.56. The van der Waals surface area contributed by atoms with E-state index in [1.165, 1.54) is 13.0 Å². The lowest BCUT2D eigenvalue weighted by atomic mass is 10.1. The van der Waals surface area contributed by atoms with Crippen LogP contribution in [0.4, 0.5) is 0 Å². The first-order chi connectivity index (χ1) is 16.5. The molecule has 35 heavy (non-hydrogen) atoms. The molecule has 0 saturated heterocycles. The monoisotopic (exact) mass is 488 g/mol. The van der Waals surface area contributed by atoms with Crippen LogP contribution in [-0.4, -0.2) is 54.2 Å². The number of unbranched alkanes of at least 4 members (excludes halogenated alkanes) is 1. The molecule has 0 bridgehead atoms. The van der Waals surface area contributed by atoms with Gasteiger partial charge in [-0.25, -0.2) is 0 Å². The van der Waals surface area contributed by atoms with E-state index in [-0.39, 0.29) is 12.8 Å². The minimum atomic E-state index is -1.14. The minimum absolute atomic E-state index is 0.0881. The highest BCUT2D eigenvalue weighted by Gasteiger charge is 2.24. The van der Waals surface area contributed by atoms with Gasteiger partial charge in [0, 0.05) is 12.5 Å². The van der Waals surface area contributed by atoms with Crippen LogP contribution in [0.25, 0.3) is 6.08 Å². The zero-order valence-corrected chi connectivity index (χ0v) is 20.2. The molecule has 192 valence electrons. The van der Waals surface area contributed by atoms with Crippen molar-refractivity contribution in [2.45, 2.75) is 64.1 Å². The third kappa shape index (κ3) is 11.8. The molecule has 2 unspecified atom stereocenters. The molecule has 0 heterocycles. The van der Waals surface area contributed by atoms with Crippen LogP contribution in [0.2, 0.25) is 0 Å². The maximum atomic E-state index is 12.4. The number of carbonyl (C=O) groups excluding carboxylic acids is 5. The number of amides is 5. The van der Waals surface area contributed by atoms with Crippen molar-refractivity contribution in [3.05, 3.63) is 41.5 Å². The molecule has 0 aliphatic rings. The Labute approximate surface area is 205 Å². The van der Waals surface area contributed by atoms with Gasteiger partial charge in [0.1, 0.15) is 18.1 Å². The molecule has 0 aromatic heterocycles. The average Bonchev–Trinajstić information content (AvgIpc) is 2.80. The van der Waals surface area contributed by atoms with Gasteiger partial charge < -0.3 is 33.2 Å². The summed E-state index contributed by atoms with van der Waals surface area (Å²) in [4.78, 5) is 60.1. The number of nitrogens with one attached hydrogen (secondary N) is 3. The van der Waals surface area contributed by atoms with Crippen molar-refractivity contribution in [3.63, 3.8) is 0 Å². The summed E-state index contributed by atoms with van der Waals surface area (Å²) in [7, 11) is 0. The fourth-order valence-corrected chi connectivity index (χ4v) is 3.08. The number of primary amides is 2. The summed E-state index contributed by atoms with van der Waals surface area (Å²) in [6.07, 6.45) is 4.31. The van der Waals surface area contributed by atoms with Crippen molar-refractivity contribution in [1.29, 1.82) is 0 Å². The SMILES string of the molecule is Cc1ccc(/C=C/C(=O)NC(C)C(=O)N[C@@H](CCC(=O)NC(CCCCN)C(N)=O)C(N)=O)cc1. The smallest absolute Gasteiger partial charge is 0.244 e. The van der Waals surface area contributed by atoms with E-state index in [1.54, 1.807) is 6.08 Å². The Kier molecular flexibility index (Phi) is 12.7. The first kappa shape index (κ1) is 29.3. The second kappa shape index (κ2) is 15.2. The van der Waals surface area contributed by atoms with Gasteiger partial charge in [0.15, 0.2) is 0 Å². The van der Waals surface area contributed by atoms with Gasteiger partial charge in [0.2, 0.25) is 29.5 Å². The molecule has 0 aliphatic carbocycles. The summed E-state index contributed by atoms with van der Waals surface area (Å²) >= 11 is 0. The fourth-order valence-electron chi connectivity index (χ4n) is 3.08. The lowest BCUT2D eigenvalue weighted by Gasteiger charge is -2.20. The van der Waals surface area contributed by atoms with Crippen LogP contribution in [0, 0.1) is 6.92 Å². The van der Waals surface area contributed by atoms with E-state index in [0.29, 0.717) is 25.8 Å². The number of hydrogen-bond donors (Lipinski definition) is 6. The molecular weight excluding hydrogens is 452 g/mol. The number of nitrogens with two attached hydrogens (primary N) is 3. The second-order valence-electron chi connectivity index (χ2n) is 8.28. The average molecular weight is 489 g/mol. The highest BCUT2D eigenvalue weighted by Crippen LogP contribution is 2.05. The molecule has 9 N–H and O–H groups in total. The first-order valence-corrected chi connectivity index (χ1v) is 11.5. The third-order valence-electron chi connectivity index (χ3n) is 5.20. The molecule has 0 fully saturated rings. The quantitative estimate of drug-likeness (QED) is 0.140. The van der Waals surface area contributed by atoms with Crippen molar-refractivity contribution >= 4 is 35.6 Å². The number of rotatable bonds is 15. The molecule has 0 saturated carbocycles. The van der Waals surface area contributed by atoms with Gasteiger partial charge in [0.05, 0.1) is 0 Å². The third-order valence-corrected chi connectivity index (χ3v) is 5.20. The van der Waals surface area contributed by atoms with Gasteiger partial charge in [-0.05, 0) is 57.7 Å². The van der Waals surface area contributed by atoms with Crippen LogP contribution in [0.15, 0.2) is 30.3 Å². The fraction of sp³-hybridized carbons (Fsp3) is 0.458. The number of benzene rings is 1. The molecule has 1 aromatic rings. The van der Waals surface area contributed by atoms with E-state index < -0.39 is 47.7 Å². The normalized spacial score (nSPS) is 13.5. The Morgan fingerprint density at radius 3 is 2.06 bits per heavy atom. The van der Waals surface area contributed by atoms with Gasteiger partial charge in [-0.1, -0.05) is 29.8 Å². The van der Waals surface area contributed by atoms with E-state index in [1.807, 2.05) is 31.2 Å². The predicted octanol–water partition coefficient (Wildman–Crippen LogP) is -0.638. The summed E-state index contributed by atoms with van der Waals surface area (Å²) in [6, 6.07) is 4.59. The Morgan fingerprint density at radius 1 is 0.886 bits per heavy atom. The maximum absolute atomic E-state index is 12.4. The van der Waals surface area contributed by atoms with Gasteiger partial charge >= 0.3 is 0 Å². The van der Waals surface area contributed by atoms with Gasteiger partial charge in [-0.15, -0.1) is 0 Å². The number of carbonyl (C=O) groups is 5. The zero-order chi connectivity index (χ0) is 26.4. The predicted molar refractivity (Wildman–Crippen MR) is 132 cm³/mol. The lowest BCUT2D eigenvalue weighted by Crippen LogP contribution is -2.52. The first-order valence-electron chi connectivity index (χ1n) is 11.5. The highest BCUT2D eigenvalue weighted by molar-refractivity contribution is 5.96. The Morgan fingerprint density at radius 2 is 1.49 bits per heavy atom. The second-order valence-corrected chi connectivity index (χ2v) is 8.28. The van der Waals surface area contributed by atoms with Crippen molar-refractivity contribution in [1.82, 2.24) is 16.0 Å². The Bertz CT molecular complexity index is 915. The van der Waals surface area contributed by atoms with Crippen LogP contribution in [0.1, 0.15) is 50.2 Å². The van der Waals surface area contributed by atoms with Crippen molar-refractivity contribution < 1.29 is 24.0 Å². The van der Waals surface area contributed by atoms with E-state index >= 15 is 0 Å². The standard InChI is InChI=1S/C24H36N6O5/c1-15-6-8-17(9-7-15)10-12-20(31)28-16(2)24(35)30-19(23(27)34)11-13-21(32)29-18(22(26)33)5-3-4-14-25/h6-10,12,16,18-19H,3-5,11,13-14,25H2,1-2H3,(H2,26,33)(H2,27,34)(H,28,31)(H,29,32)(H,30,35)/b12-10+/t16?,18?,19-/m0/s1. The molecule has 3 atom stereocenters. The van der Waals surface area contributed by atoms with Crippen molar-refractivity contribution in [3.8, 4) is 0 Å². The summed E-state index contributed by atoms with van der Waals surface area (Å²) in [6.45, 7) is 3.87. The lowest BCUT2D eigenvalue weighted by molar-refractivity contribution is -0.131. The molecule has 0 spiro atoms. The summed E-state index contributed by atoms with van der Waals surface area (Å²) < 4.78 is 0. The van der Waals surface area contributed by atoms with Crippen LogP contribution >= 0.6 is 0 Å². The Hall–Kier alpha value is -3.73. The van der Waals surface area contributed by atoms with E-state index in [2.05, 4.69) is 16.0 Å². The minimum Gasteiger partial charge on any atom is -0.368 e. The van der Waals surface area contributed by atoms with E-state index in [9.17, 15) is 24.0 Å². The topological polar surface area (TPSA) is 200 Å². The molecule has 1 aromatic carbocycles. The molecule has 11 heteroatoms. The summed E-state index contributed by atoms with van der Waals surface area (Å²) in [5.74, 6) is -3.14. The van der Waals surface area contributed by atoms with Crippen LogP contribution in [-0.2, 0) is 24.0 Å². The van der Waals surface area contributed by atoms with E-state index in [4.69, 9.17) is 17.2 Å². The van der Waals surface area contributed by atoms with Gasteiger partial charge in [-0.3, -0.25) is 24.0 Å². The van der Waals surface area contributed by atoms with Crippen LogP contribution in [0.5, 0.6) is 0 Å². The largest absolute Gasteiger partial charge is 0.368 e. The summed E-state index contributed by atoms with van der Waals surface area (Å²) in [5.41, 5.74) is 18.0. The van der Waals surface area contributed by atoms with Crippen molar-refractivity contribution in [2.24, 2.45) is 17.2 Å². The maximum Gasteiger partial charge on any atom is 0.244 e. The molecule has 11 nitrogen and oxygen atoms in total. The number of hydrogen-bond acceptors (Lipinski definition) is 6. The van der Waals surface area contributed by atoms with Crippen LogP contribution < -0.4 is 33.2 Å². The van der Waals surface area contributed by atoms with Crippen LogP contribution in [0.3, 0.4) is 0 Å². The van der Waals surface area contributed by atoms with Gasteiger partial charge in [0.25, 0.3) is 0 Å². The molecular formula is C24H36N6O5. The highest BCUT2D eigenvalue weighted by atomic mass is 16.2. The van der Waals surface area contributed by atoms with Crippen molar-refractivity contribution in [2.75, 3.05) is 6.54 Å². The van der Waals surface area contributed by atoms with E-state index in [0.717, 1.165) is 11.1 Å². The molecule has 0 aliphatic heterocycles. The zero-order valence-electron chi connectivity index (χ0n) is 20.2.